The minimum absolute atomic E-state index is 0.827. The summed E-state index contributed by atoms with van der Waals surface area (Å²) < 4.78 is 38.3. The van der Waals surface area contributed by atoms with Crippen LogP contribution >= 0.6 is 0 Å². The maximum absolute atomic E-state index is 12.9. The molecule has 0 heterocycles. The van der Waals surface area contributed by atoms with E-state index in [1.54, 1.807) is 0 Å². The number of halogens is 3. The lowest BCUT2D eigenvalue weighted by atomic mass is 10.1. The zero-order chi connectivity index (χ0) is 11.0. The smallest absolute Gasteiger partial charge is 0.210 e. The lowest BCUT2D eigenvalue weighted by molar-refractivity contribution is 0.100. The number of carbonyl (C=O) groups is 1. The average molecular weight is 206 g/mol. The van der Waals surface area contributed by atoms with E-state index in [9.17, 15) is 18.0 Å². The van der Waals surface area contributed by atoms with Crippen LogP contribution in [0.1, 0.15) is 17.3 Å². The predicted octanol–water partition coefficient (Wildman–Crippen LogP) is 1.72. The maximum Gasteiger partial charge on any atom is 0.210 e. The summed E-state index contributed by atoms with van der Waals surface area (Å²) >= 11 is 0. The van der Waals surface area contributed by atoms with Gasteiger partial charge >= 0.3 is 0 Å². The van der Waals surface area contributed by atoms with Crippen molar-refractivity contribution in [1.82, 2.24) is 0 Å². The van der Waals surface area contributed by atoms with Crippen molar-refractivity contribution in [1.29, 1.82) is 0 Å². The highest BCUT2D eigenvalue weighted by atomic mass is 19.2. The van der Waals surface area contributed by atoms with Gasteiger partial charge in [-0.05, 0) is 6.92 Å². The van der Waals surface area contributed by atoms with Crippen molar-refractivity contribution in [3.8, 4) is 11.5 Å². The fourth-order valence-electron chi connectivity index (χ4n) is 0.957. The molecule has 0 spiro atoms. The molecule has 0 bridgehead atoms. The monoisotopic (exact) mass is 206 g/mol. The second-order valence-corrected chi connectivity index (χ2v) is 2.57. The largest absolute Gasteiger partial charge is 0.504 e. The number of aromatic hydroxyl groups is 2. The molecule has 0 fully saturated rings. The summed E-state index contributed by atoms with van der Waals surface area (Å²) in [5, 5.41) is 17.5. The topological polar surface area (TPSA) is 57.5 Å². The van der Waals surface area contributed by atoms with Crippen molar-refractivity contribution in [3.05, 3.63) is 23.0 Å². The summed E-state index contributed by atoms with van der Waals surface area (Å²) in [7, 11) is 0. The number of hydrogen-bond acceptors (Lipinski definition) is 3. The molecule has 1 aromatic rings. The SMILES string of the molecule is CC(=O)c1c(O)c(F)c(O)c(F)c1F. The van der Waals surface area contributed by atoms with Crippen LogP contribution in [-0.4, -0.2) is 16.0 Å². The Morgan fingerprint density at radius 3 is 1.93 bits per heavy atom. The Morgan fingerprint density at radius 1 is 1.00 bits per heavy atom. The number of carbonyl (C=O) groups excluding carboxylic acids is 1. The molecule has 1 rings (SSSR count). The standard InChI is InChI=1S/C8H5F3O3/c1-2(12)3-4(9)5(10)8(14)6(11)7(3)13/h13-14H,1H3. The third kappa shape index (κ3) is 1.28. The lowest BCUT2D eigenvalue weighted by Crippen LogP contribution is -2.03. The van der Waals surface area contributed by atoms with E-state index in [0.29, 0.717) is 0 Å². The van der Waals surface area contributed by atoms with Crippen molar-refractivity contribution in [2.45, 2.75) is 6.92 Å². The molecule has 0 radical (unpaired) electrons. The van der Waals surface area contributed by atoms with Gasteiger partial charge in [0.1, 0.15) is 5.56 Å². The van der Waals surface area contributed by atoms with Gasteiger partial charge in [0.2, 0.25) is 11.6 Å². The molecule has 0 aliphatic rings. The van der Waals surface area contributed by atoms with Crippen molar-refractivity contribution < 1.29 is 28.2 Å². The second kappa shape index (κ2) is 3.21. The van der Waals surface area contributed by atoms with Gasteiger partial charge in [0.15, 0.2) is 23.1 Å². The fourth-order valence-corrected chi connectivity index (χ4v) is 0.957. The molecule has 0 unspecified atom stereocenters. The molecule has 76 valence electrons. The van der Waals surface area contributed by atoms with Crippen LogP contribution < -0.4 is 0 Å². The Morgan fingerprint density at radius 2 is 1.50 bits per heavy atom. The summed E-state index contributed by atoms with van der Waals surface area (Å²) in [5.74, 6) is -9.51. The summed E-state index contributed by atoms with van der Waals surface area (Å²) in [6.07, 6.45) is 0. The van der Waals surface area contributed by atoms with Crippen molar-refractivity contribution >= 4 is 5.78 Å². The third-order valence-corrected chi connectivity index (χ3v) is 1.62. The van der Waals surface area contributed by atoms with Crippen LogP contribution in [-0.2, 0) is 0 Å². The van der Waals surface area contributed by atoms with E-state index >= 15 is 0 Å². The summed E-state index contributed by atoms with van der Waals surface area (Å²) in [4.78, 5) is 10.7. The Balaban J connectivity index is 3.68. The van der Waals surface area contributed by atoms with E-state index in [1.165, 1.54) is 0 Å². The number of Topliss-reactive ketones (excluding diaryl/α,β-unsaturated/α-hetero) is 1. The second-order valence-electron chi connectivity index (χ2n) is 2.57. The van der Waals surface area contributed by atoms with Gasteiger partial charge < -0.3 is 10.2 Å². The fraction of sp³-hybridized carbons (Fsp3) is 0.125. The lowest BCUT2D eigenvalue weighted by Gasteiger charge is -2.06. The normalized spacial score (nSPS) is 10.3. The molecule has 0 aliphatic carbocycles. The highest BCUT2D eigenvalue weighted by Gasteiger charge is 2.26. The molecule has 2 N–H and O–H groups in total. The number of hydrogen-bond donors (Lipinski definition) is 2. The van der Waals surface area contributed by atoms with Gasteiger partial charge in [-0.1, -0.05) is 0 Å². The van der Waals surface area contributed by atoms with Crippen LogP contribution in [0, 0.1) is 17.5 Å². The molecule has 6 heteroatoms. The van der Waals surface area contributed by atoms with Gasteiger partial charge in [-0.25, -0.2) is 4.39 Å². The zero-order valence-corrected chi connectivity index (χ0v) is 6.94. The van der Waals surface area contributed by atoms with Gasteiger partial charge in [-0.2, -0.15) is 8.78 Å². The van der Waals surface area contributed by atoms with E-state index in [2.05, 4.69) is 0 Å². The molecule has 0 aromatic heterocycles. The predicted molar refractivity (Wildman–Crippen MR) is 39.7 cm³/mol. The Labute approximate surface area is 76.4 Å². The van der Waals surface area contributed by atoms with Crippen LogP contribution in [0.25, 0.3) is 0 Å². The highest BCUT2D eigenvalue weighted by Crippen LogP contribution is 2.34. The number of phenolic OH excluding ortho intramolecular Hbond substituents is 2. The molecule has 3 nitrogen and oxygen atoms in total. The Bertz CT molecular complexity index is 386. The summed E-state index contributed by atoms with van der Waals surface area (Å²) in [6, 6.07) is 0. The maximum atomic E-state index is 12.9. The molecule has 14 heavy (non-hydrogen) atoms. The van der Waals surface area contributed by atoms with Crippen LogP contribution in [0.2, 0.25) is 0 Å². The Hall–Kier alpha value is -1.72. The van der Waals surface area contributed by atoms with Gasteiger partial charge in [0.25, 0.3) is 0 Å². The average Bonchev–Trinajstić information content (AvgIpc) is 2.11. The van der Waals surface area contributed by atoms with E-state index in [0.717, 1.165) is 6.92 Å². The van der Waals surface area contributed by atoms with Gasteiger partial charge in [-0.15, -0.1) is 0 Å². The number of benzene rings is 1. The van der Waals surface area contributed by atoms with Crippen LogP contribution in [0.4, 0.5) is 13.2 Å². The third-order valence-electron chi connectivity index (χ3n) is 1.62. The van der Waals surface area contributed by atoms with Crippen molar-refractivity contribution in [3.63, 3.8) is 0 Å². The van der Waals surface area contributed by atoms with Crippen LogP contribution in [0.5, 0.6) is 11.5 Å². The number of rotatable bonds is 1. The van der Waals surface area contributed by atoms with Crippen LogP contribution in [0.3, 0.4) is 0 Å². The first-order valence-corrected chi connectivity index (χ1v) is 3.47. The van der Waals surface area contributed by atoms with Crippen molar-refractivity contribution in [2.24, 2.45) is 0 Å². The Kier molecular flexibility index (Phi) is 2.37. The minimum Gasteiger partial charge on any atom is -0.504 e. The van der Waals surface area contributed by atoms with Gasteiger partial charge in [0.05, 0.1) is 0 Å². The molecule has 0 saturated carbocycles. The quantitative estimate of drug-likeness (QED) is 0.543. The minimum atomic E-state index is -1.90. The zero-order valence-electron chi connectivity index (χ0n) is 6.94. The van der Waals surface area contributed by atoms with E-state index < -0.39 is 40.3 Å². The van der Waals surface area contributed by atoms with E-state index in [4.69, 9.17) is 10.2 Å². The molecule has 0 aliphatic heterocycles. The molecule has 1 aromatic carbocycles. The number of phenols is 2. The van der Waals surface area contributed by atoms with Gasteiger partial charge in [-0.3, -0.25) is 4.79 Å². The summed E-state index contributed by atoms with van der Waals surface area (Å²) in [5.41, 5.74) is -1.11. The first-order valence-electron chi connectivity index (χ1n) is 3.47. The highest BCUT2D eigenvalue weighted by molar-refractivity contribution is 5.97. The number of ketones is 1. The first-order chi connectivity index (χ1) is 6.37. The molecular formula is C8H5F3O3. The van der Waals surface area contributed by atoms with E-state index in [1.807, 2.05) is 0 Å². The van der Waals surface area contributed by atoms with Crippen molar-refractivity contribution in [2.75, 3.05) is 0 Å². The molecule has 0 atom stereocenters. The molecule has 0 amide bonds. The summed E-state index contributed by atoms with van der Waals surface area (Å²) in [6.45, 7) is 0.827. The van der Waals surface area contributed by atoms with Gasteiger partial charge in [0, 0.05) is 0 Å². The first kappa shape index (κ1) is 10.4. The molecular weight excluding hydrogens is 201 g/mol. The molecule has 0 saturated heterocycles. The van der Waals surface area contributed by atoms with Crippen LogP contribution in [0.15, 0.2) is 0 Å². The van der Waals surface area contributed by atoms with E-state index in [-0.39, 0.29) is 0 Å².